The molecule has 450 valence electrons. The number of hydrogen-bond donors (Lipinski definition) is 0. The van der Waals surface area contributed by atoms with Crippen LogP contribution < -0.4 is 0 Å². The third-order valence-electron chi connectivity index (χ3n) is 23.6. The van der Waals surface area contributed by atoms with Gasteiger partial charge in [-0.2, -0.15) is 0 Å². The molecule has 0 fully saturated rings. The van der Waals surface area contributed by atoms with Crippen molar-refractivity contribution in [2.24, 2.45) is 35.5 Å². The van der Waals surface area contributed by atoms with Gasteiger partial charge >= 0.3 is 0 Å². The summed E-state index contributed by atoms with van der Waals surface area (Å²) in [5.41, 5.74) is 25.7. The Bertz CT molecular complexity index is 2800. The summed E-state index contributed by atoms with van der Waals surface area (Å²) in [6.07, 6.45) is 0. The molecule has 0 unspecified atom stereocenters. The van der Waals surface area contributed by atoms with E-state index in [1.807, 2.05) is 0 Å². The molecular weight excluding hydrogens is 1110 g/mol. The minimum atomic E-state index is -2.14. The lowest BCUT2D eigenvalue weighted by Gasteiger charge is -2.39. The van der Waals surface area contributed by atoms with Gasteiger partial charge in [-0.15, -0.1) is 33.3 Å². The zero-order chi connectivity index (χ0) is 65.9. The molecule has 0 spiro atoms. The van der Waals surface area contributed by atoms with Crippen molar-refractivity contribution in [1.82, 2.24) is 0 Å². The normalized spacial score (nSPS) is 12.5. The monoisotopic (exact) mass is 1220 g/mol. The Labute approximate surface area is 528 Å². The van der Waals surface area contributed by atoms with Gasteiger partial charge < -0.3 is 0 Å². The average molecular weight is 1220 g/mol. The summed E-state index contributed by atoms with van der Waals surface area (Å²) < 4.78 is 0. The summed E-state index contributed by atoms with van der Waals surface area (Å²) >= 11 is 0. The van der Waals surface area contributed by atoms with Crippen LogP contribution in [-0.2, 0) is 0 Å². The van der Waals surface area contributed by atoms with Gasteiger partial charge in [0.2, 0.25) is 0 Å². The van der Waals surface area contributed by atoms with Gasteiger partial charge in [0.05, 0.1) is 33.4 Å². The van der Waals surface area contributed by atoms with Crippen LogP contribution in [0.4, 0.5) is 0 Å². The molecule has 6 heteroatoms. The van der Waals surface area contributed by atoms with Crippen molar-refractivity contribution in [3.8, 4) is 140 Å². The second-order valence-corrected chi connectivity index (χ2v) is 61.0. The highest BCUT2D eigenvalue weighted by Gasteiger charge is 2.45. The Balaban J connectivity index is 5.75. The molecule has 0 nitrogen and oxygen atoms in total. The molecule has 0 aliphatic carbocycles. The molecule has 0 heterocycles. The second kappa shape index (κ2) is 28.8. The highest BCUT2D eigenvalue weighted by atomic mass is 28.3. The van der Waals surface area contributed by atoms with Crippen LogP contribution in [0.3, 0.4) is 0 Å². The molecular formula is C78H114Si6. The van der Waals surface area contributed by atoms with Gasteiger partial charge in [0, 0.05) is 0 Å². The van der Waals surface area contributed by atoms with E-state index in [9.17, 15) is 0 Å². The van der Waals surface area contributed by atoms with E-state index in [2.05, 4.69) is 385 Å². The van der Waals surface area contributed by atoms with Gasteiger partial charge in [-0.3, -0.25) is 0 Å². The molecule has 0 saturated carbocycles. The van der Waals surface area contributed by atoms with E-state index < -0.39 is 48.4 Å². The zero-order valence-corrected chi connectivity index (χ0v) is 66.5. The van der Waals surface area contributed by atoms with Crippen LogP contribution in [0.25, 0.3) is 0 Å². The van der Waals surface area contributed by atoms with Gasteiger partial charge in [0.15, 0.2) is 0 Å². The highest BCUT2D eigenvalue weighted by Crippen LogP contribution is 2.48. The summed E-state index contributed by atoms with van der Waals surface area (Å²) in [5, 5.41) is 0.234. The molecule has 0 atom stereocenters. The van der Waals surface area contributed by atoms with Gasteiger partial charge in [0.25, 0.3) is 0 Å². The summed E-state index contributed by atoms with van der Waals surface area (Å²) in [5.74, 6) is 64.8. The van der Waals surface area contributed by atoms with Crippen molar-refractivity contribution >= 4 is 48.4 Å². The zero-order valence-electron chi connectivity index (χ0n) is 60.5. The van der Waals surface area contributed by atoms with Crippen LogP contribution in [0.2, 0.25) is 109 Å². The lowest BCUT2D eigenvalue weighted by atomic mass is 9.87. The van der Waals surface area contributed by atoms with Crippen LogP contribution in [0, 0.1) is 175 Å². The molecule has 0 bridgehead atoms. The van der Waals surface area contributed by atoms with E-state index in [-0.39, 0.29) is 30.2 Å². The quantitative estimate of drug-likeness (QED) is 0.145. The Morgan fingerprint density at radius 3 is 0.369 bits per heavy atom. The molecule has 84 heavy (non-hydrogen) atoms. The second-order valence-electron chi connectivity index (χ2n) is 32.3. The molecule has 0 aromatic heterocycles. The third kappa shape index (κ3) is 18.2. The Morgan fingerprint density at radius 1 is 0.190 bits per heavy atom. The summed E-state index contributed by atoms with van der Waals surface area (Å²) in [6, 6.07) is 0. The highest BCUT2D eigenvalue weighted by molar-refractivity contribution is 6.90. The molecule has 0 aliphatic heterocycles. The minimum absolute atomic E-state index is 0.0391. The van der Waals surface area contributed by atoms with Crippen LogP contribution in [-0.4, -0.2) is 48.4 Å². The fraction of sp³-hybridized carbons (Fsp3) is 0.615. The van der Waals surface area contributed by atoms with E-state index in [0.717, 1.165) is 0 Å². The lowest BCUT2D eigenvalue weighted by molar-refractivity contribution is 0.462. The largest absolute Gasteiger partial charge is 0.139 e. The van der Waals surface area contributed by atoms with Crippen molar-refractivity contribution in [2.75, 3.05) is 0 Å². The van der Waals surface area contributed by atoms with Crippen LogP contribution >= 0.6 is 0 Å². The Morgan fingerprint density at radius 2 is 0.286 bits per heavy atom. The minimum Gasteiger partial charge on any atom is -0.117 e. The number of benzene rings is 1. The molecule has 0 N–H and O–H groups in total. The number of rotatable bonds is 12. The molecule has 1 aromatic carbocycles. The maximum atomic E-state index is 3.72. The predicted octanol–water partition coefficient (Wildman–Crippen LogP) is 19.9. The van der Waals surface area contributed by atoms with Crippen molar-refractivity contribution in [3.05, 3.63) is 33.4 Å². The SMILES string of the molecule is CC(C)C(C)(C)[Si](C)(C)C#CC#Cc1c(C#CC#C[Si](C)(C)C(C)(C)C(C)C)c(C#CC#C[Si](C)(C)C(C)(C)C(C)C)c(C#CC#C[Si](C)(C)C(C)(C)C(C)C)c(C#CC#C[Si](C)(C)C(C)(C)C(C)C)c1C#CC#C[Si](C)(C)C(C)(C)C(C)C. The van der Waals surface area contributed by atoms with Crippen molar-refractivity contribution in [3.63, 3.8) is 0 Å². The average Bonchev–Trinajstić information content (AvgIpc) is 3.44. The first-order chi connectivity index (χ1) is 37.7. The first-order valence-electron chi connectivity index (χ1n) is 31.2. The van der Waals surface area contributed by atoms with Crippen molar-refractivity contribution < 1.29 is 0 Å². The topological polar surface area (TPSA) is 0 Å². The Hall–Kier alpha value is -4.76. The van der Waals surface area contributed by atoms with Crippen molar-refractivity contribution in [1.29, 1.82) is 0 Å². The molecule has 0 amide bonds. The van der Waals surface area contributed by atoms with E-state index in [0.29, 0.717) is 68.9 Å². The van der Waals surface area contributed by atoms with E-state index in [1.165, 1.54) is 0 Å². The molecule has 1 rings (SSSR count). The first kappa shape index (κ1) is 77.3. The number of hydrogen-bond acceptors (Lipinski definition) is 0. The van der Waals surface area contributed by atoms with Crippen LogP contribution in [0.1, 0.15) is 200 Å². The summed E-state index contributed by atoms with van der Waals surface area (Å²) in [4.78, 5) is 0. The first-order valence-corrected chi connectivity index (χ1v) is 49.2. The standard InChI is InChI=1S/C78H114Si6/c1-61(2)73(13,14)79(25,26)55-43-37-49-67-68(50-38-44-56-80(27,28)74(15,16)62(3)4)70(52-40-46-58-82(31,32)76(19,20)64(7)8)72(54-42-48-60-84(35,36)78(23,24)66(11)12)71(53-41-47-59-83(33,34)77(21,22)65(9)10)69(67)51-39-45-57-81(29,30)75(17,18)63(5)6/h61-66H,1-36H3. The fourth-order valence-corrected chi connectivity index (χ4v) is 21.3. The maximum Gasteiger partial charge on any atom is 0.139 e. The van der Waals surface area contributed by atoms with E-state index >= 15 is 0 Å². The molecule has 0 aliphatic rings. The van der Waals surface area contributed by atoms with Gasteiger partial charge in [-0.25, -0.2) is 0 Å². The molecule has 0 radical (unpaired) electrons. The predicted molar refractivity (Wildman–Crippen MR) is 393 cm³/mol. The van der Waals surface area contributed by atoms with Gasteiger partial charge in [0.1, 0.15) is 48.4 Å². The smallest absolute Gasteiger partial charge is 0.117 e. The van der Waals surface area contributed by atoms with E-state index in [1.54, 1.807) is 0 Å². The lowest BCUT2D eigenvalue weighted by Crippen LogP contribution is -2.41. The van der Waals surface area contributed by atoms with Crippen molar-refractivity contribution in [2.45, 2.75) is 275 Å². The van der Waals surface area contributed by atoms with E-state index in [4.69, 9.17) is 0 Å². The molecule has 0 saturated heterocycles. The van der Waals surface area contributed by atoms with Gasteiger partial charge in [-0.1, -0.05) is 280 Å². The fourth-order valence-electron chi connectivity index (χ4n) is 8.48. The maximum absolute atomic E-state index is 3.72. The molecule has 1 aromatic rings. The third-order valence-corrected chi connectivity index (χ3v) is 50.9. The van der Waals surface area contributed by atoms with Crippen LogP contribution in [0.15, 0.2) is 0 Å². The summed E-state index contributed by atoms with van der Waals surface area (Å²) in [7, 11) is -12.8. The Kier molecular flexibility index (Phi) is 26.5. The van der Waals surface area contributed by atoms with Gasteiger partial charge in [-0.05, 0) is 137 Å². The summed E-state index contributed by atoms with van der Waals surface area (Å²) in [6.45, 7) is 83.7. The van der Waals surface area contributed by atoms with Crippen LogP contribution in [0.5, 0.6) is 0 Å².